The number of thiazole rings is 1. The lowest BCUT2D eigenvalue weighted by Gasteiger charge is -1.99. The molecular formula is C12H11N3O3S. The molecule has 2 N–H and O–H groups in total. The van der Waals surface area contributed by atoms with E-state index in [1.54, 1.807) is 17.6 Å². The third kappa shape index (κ3) is 3.59. The van der Waals surface area contributed by atoms with Gasteiger partial charge in [-0.1, -0.05) is 6.07 Å². The molecule has 0 aliphatic carbocycles. The van der Waals surface area contributed by atoms with Gasteiger partial charge in [0.1, 0.15) is 10.7 Å². The van der Waals surface area contributed by atoms with Crippen molar-refractivity contribution in [1.29, 1.82) is 0 Å². The average molecular weight is 277 g/mol. The van der Waals surface area contributed by atoms with Crippen molar-refractivity contribution in [2.75, 3.05) is 6.54 Å². The highest BCUT2D eigenvalue weighted by Crippen LogP contribution is 2.21. The lowest BCUT2D eigenvalue weighted by Crippen LogP contribution is -2.26. The molecule has 2 aromatic heterocycles. The van der Waals surface area contributed by atoms with E-state index in [1.807, 2.05) is 12.1 Å². The Bertz CT molecular complexity index is 583. The Hall–Kier alpha value is -2.28. The van der Waals surface area contributed by atoms with Crippen molar-refractivity contribution in [3.63, 3.8) is 0 Å². The summed E-state index contributed by atoms with van der Waals surface area (Å²) >= 11 is 1.32. The molecule has 0 bridgehead atoms. The smallest absolute Gasteiger partial charge is 0.305 e. The number of rotatable bonds is 5. The summed E-state index contributed by atoms with van der Waals surface area (Å²) in [7, 11) is 0. The van der Waals surface area contributed by atoms with Gasteiger partial charge in [0.05, 0.1) is 12.1 Å². The molecule has 0 fully saturated rings. The van der Waals surface area contributed by atoms with Crippen molar-refractivity contribution in [3.05, 3.63) is 35.5 Å². The van der Waals surface area contributed by atoms with Gasteiger partial charge in [0.15, 0.2) is 0 Å². The van der Waals surface area contributed by atoms with Crippen molar-refractivity contribution in [2.45, 2.75) is 6.42 Å². The first-order chi connectivity index (χ1) is 9.16. The molecule has 6 nitrogen and oxygen atoms in total. The van der Waals surface area contributed by atoms with Gasteiger partial charge in [-0.15, -0.1) is 11.3 Å². The van der Waals surface area contributed by atoms with Crippen LogP contribution in [0.15, 0.2) is 29.8 Å². The third-order valence-electron chi connectivity index (χ3n) is 2.25. The van der Waals surface area contributed by atoms with E-state index >= 15 is 0 Å². The largest absolute Gasteiger partial charge is 0.481 e. The SMILES string of the molecule is O=C(O)CCNC(=O)c1csc(-c2ccccn2)n1. The van der Waals surface area contributed by atoms with Gasteiger partial charge in [-0.25, -0.2) is 4.98 Å². The number of amides is 1. The molecule has 0 aromatic carbocycles. The Labute approximate surface area is 113 Å². The molecule has 0 spiro atoms. The van der Waals surface area contributed by atoms with Crippen LogP contribution in [0.4, 0.5) is 0 Å². The monoisotopic (exact) mass is 277 g/mol. The minimum Gasteiger partial charge on any atom is -0.481 e. The number of nitrogens with one attached hydrogen (secondary N) is 1. The quantitative estimate of drug-likeness (QED) is 0.862. The van der Waals surface area contributed by atoms with Crippen molar-refractivity contribution >= 4 is 23.2 Å². The van der Waals surface area contributed by atoms with Gasteiger partial charge in [0.25, 0.3) is 5.91 Å². The van der Waals surface area contributed by atoms with Crippen LogP contribution in [0.5, 0.6) is 0 Å². The zero-order valence-corrected chi connectivity index (χ0v) is 10.7. The van der Waals surface area contributed by atoms with E-state index in [0.29, 0.717) is 10.7 Å². The molecule has 7 heteroatoms. The molecule has 0 saturated heterocycles. The second-order valence-corrected chi connectivity index (χ2v) is 4.51. The summed E-state index contributed by atoms with van der Waals surface area (Å²) in [6.07, 6.45) is 1.55. The van der Waals surface area contributed by atoms with E-state index in [2.05, 4.69) is 15.3 Å². The standard InChI is InChI=1S/C12H11N3O3S/c16-10(17)4-6-14-11(18)9-7-19-12(15-9)8-3-1-2-5-13-8/h1-3,5,7H,4,6H2,(H,14,18)(H,16,17). The Kier molecular flexibility index (Phi) is 4.19. The van der Waals surface area contributed by atoms with E-state index in [-0.39, 0.29) is 24.6 Å². The average Bonchev–Trinajstić information content (AvgIpc) is 2.89. The predicted molar refractivity (Wildman–Crippen MR) is 69.9 cm³/mol. The van der Waals surface area contributed by atoms with Crippen LogP contribution in [0.3, 0.4) is 0 Å². The Balaban J connectivity index is 2.01. The molecule has 0 saturated carbocycles. The zero-order chi connectivity index (χ0) is 13.7. The predicted octanol–water partition coefficient (Wildman–Crippen LogP) is 1.41. The number of aromatic nitrogens is 2. The second-order valence-electron chi connectivity index (χ2n) is 3.65. The molecule has 0 aliphatic rings. The van der Waals surface area contributed by atoms with Crippen molar-refractivity contribution in [2.24, 2.45) is 0 Å². The summed E-state index contributed by atoms with van der Waals surface area (Å²) in [6.45, 7) is 0.0879. The summed E-state index contributed by atoms with van der Waals surface area (Å²) in [5, 5.41) is 13.3. The van der Waals surface area contributed by atoms with Gasteiger partial charge < -0.3 is 10.4 Å². The molecule has 1 amide bonds. The maximum atomic E-state index is 11.7. The van der Waals surface area contributed by atoms with Crippen molar-refractivity contribution in [1.82, 2.24) is 15.3 Å². The van der Waals surface area contributed by atoms with Crippen molar-refractivity contribution < 1.29 is 14.7 Å². The number of hydrogen-bond donors (Lipinski definition) is 2. The van der Waals surface area contributed by atoms with Crippen LogP contribution < -0.4 is 5.32 Å². The highest BCUT2D eigenvalue weighted by molar-refractivity contribution is 7.13. The van der Waals surface area contributed by atoms with E-state index in [1.165, 1.54) is 11.3 Å². The summed E-state index contributed by atoms with van der Waals surface area (Å²) in [4.78, 5) is 30.3. The number of carbonyl (C=O) groups excluding carboxylic acids is 1. The highest BCUT2D eigenvalue weighted by atomic mass is 32.1. The highest BCUT2D eigenvalue weighted by Gasteiger charge is 2.12. The first kappa shape index (κ1) is 13.2. The maximum Gasteiger partial charge on any atom is 0.305 e. The minimum absolute atomic E-state index is 0.0879. The summed E-state index contributed by atoms with van der Waals surface area (Å²) < 4.78 is 0. The van der Waals surface area contributed by atoms with E-state index < -0.39 is 5.97 Å². The Morgan fingerprint density at radius 1 is 1.37 bits per heavy atom. The first-order valence-corrected chi connectivity index (χ1v) is 6.41. The molecule has 2 heterocycles. The molecule has 0 unspecified atom stereocenters. The normalized spacial score (nSPS) is 10.1. The van der Waals surface area contributed by atoms with Gasteiger partial charge in [-0.2, -0.15) is 0 Å². The van der Waals surface area contributed by atoms with Crippen LogP contribution in [0.2, 0.25) is 0 Å². The molecule has 0 atom stereocenters. The number of aliphatic carboxylic acids is 1. The van der Waals surface area contributed by atoms with Gasteiger partial charge in [-0.3, -0.25) is 14.6 Å². The minimum atomic E-state index is -0.951. The lowest BCUT2D eigenvalue weighted by atomic mass is 10.3. The summed E-state index contributed by atoms with van der Waals surface area (Å²) in [5.74, 6) is -1.33. The van der Waals surface area contributed by atoms with Gasteiger partial charge >= 0.3 is 5.97 Å². The molecule has 0 aliphatic heterocycles. The van der Waals surface area contributed by atoms with Crippen LogP contribution in [0.25, 0.3) is 10.7 Å². The summed E-state index contributed by atoms with van der Waals surface area (Å²) in [5.41, 5.74) is 0.980. The zero-order valence-electron chi connectivity index (χ0n) is 9.87. The molecule has 19 heavy (non-hydrogen) atoms. The number of hydrogen-bond acceptors (Lipinski definition) is 5. The molecule has 2 aromatic rings. The van der Waals surface area contributed by atoms with E-state index in [4.69, 9.17) is 5.11 Å². The number of carboxylic acids is 1. The van der Waals surface area contributed by atoms with Crippen molar-refractivity contribution in [3.8, 4) is 10.7 Å². The Morgan fingerprint density at radius 2 is 2.21 bits per heavy atom. The van der Waals surface area contributed by atoms with Gasteiger partial charge in [0.2, 0.25) is 0 Å². The number of carboxylic acid groups (broad SMARTS) is 1. The van der Waals surface area contributed by atoms with Gasteiger partial charge in [-0.05, 0) is 12.1 Å². The fourth-order valence-corrected chi connectivity index (χ4v) is 2.13. The fourth-order valence-electron chi connectivity index (χ4n) is 1.36. The first-order valence-electron chi connectivity index (χ1n) is 5.54. The number of nitrogens with zero attached hydrogens (tertiary/aromatic N) is 2. The van der Waals surface area contributed by atoms with Gasteiger partial charge in [0, 0.05) is 18.1 Å². The fraction of sp³-hybridized carbons (Fsp3) is 0.167. The van der Waals surface area contributed by atoms with Crippen LogP contribution in [0, 0.1) is 0 Å². The number of carbonyl (C=O) groups is 2. The van der Waals surface area contributed by atoms with Crippen LogP contribution in [-0.4, -0.2) is 33.5 Å². The number of pyridine rings is 1. The second kappa shape index (κ2) is 6.05. The molecule has 0 radical (unpaired) electrons. The van der Waals surface area contributed by atoms with E-state index in [9.17, 15) is 9.59 Å². The summed E-state index contributed by atoms with van der Waals surface area (Å²) in [6, 6.07) is 5.46. The maximum absolute atomic E-state index is 11.7. The van der Waals surface area contributed by atoms with Crippen LogP contribution in [0.1, 0.15) is 16.9 Å². The third-order valence-corrected chi connectivity index (χ3v) is 3.11. The topological polar surface area (TPSA) is 92.2 Å². The van der Waals surface area contributed by atoms with Crippen LogP contribution in [-0.2, 0) is 4.79 Å². The molecular weight excluding hydrogens is 266 g/mol. The Morgan fingerprint density at radius 3 is 2.89 bits per heavy atom. The molecule has 2 rings (SSSR count). The van der Waals surface area contributed by atoms with Crippen LogP contribution >= 0.6 is 11.3 Å². The molecule has 98 valence electrons. The lowest BCUT2D eigenvalue weighted by molar-refractivity contribution is -0.136. The van der Waals surface area contributed by atoms with E-state index in [0.717, 1.165) is 0 Å².